The Balaban J connectivity index is 1.34. The van der Waals surface area contributed by atoms with E-state index in [9.17, 15) is 24.0 Å². The summed E-state index contributed by atoms with van der Waals surface area (Å²) >= 11 is 0. The van der Waals surface area contributed by atoms with Crippen molar-refractivity contribution in [2.24, 2.45) is 0 Å². The molecule has 1 aromatic heterocycles. The van der Waals surface area contributed by atoms with Crippen LogP contribution in [0, 0.1) is 0 Å². The average Bonchev–Trinajstić information content (AvgIpc) is 3.18. The highest BCUT2D eigenvalue weighted by molar-refractivity contribution is 6.04. The van der Waals surface area contributed by atoms with Gasteiger partial charge in [0.05, 0.1) is 13.1 Å². The van der Waals surface area contributed by atoms with E-state index in [1.54, 1.807) is 36.5 Å². The summed E-state index contributed by atoms with van der Waals surface area (Å²) in [5.41, 5.74) is 1.49. The summed E-state index contributed by atoms with van der Waals surface area (Å²) in [5.74, 6) is -1.27. The molecule has 2 heterocycles. The van der Waals surface area contributed by atoms with Gasteiger partial charge < -0.3 is 20.5 Å². The molecule has 1 aliphatic rings. The Morgan fingerprint density at radius 3 is 2.20 bits per heavy atom. The van der Waals surface area contributed by atoms with Gasteiger partial charge in [0.25, 0.3) is 11.5 Å². The molecule has 0 atom stereocenters. The maximum Gasteiger partial charge on any atom is 0.324 e. The molecule has 1 saturated heterocycles. The molecular weight excluding hydrogens is 450 g/mol. The highest BCUT2D eigenvalue weighted by atomic mass is 16.2. The quantitative estimate of drug-likeness (QED) is 0.431. The zero-order valence-corrected chi connectivity index (χ0v) is 18.7. The van der Waals surface area contributed by atoms with Crippen molar-refractivity contribution >= 4 is 35.1 Å². The van der Waals surface area contributed by atoms with Gasteiger partial charge in [-0.3, -0.25) is 24.1 Å². The SMILES string of the molecule is O=C(CCN1C(=O)CNC1=O)Nc1ccc(NC(=O)c2cccn(Cc3ccccc3)c2=O)cc1. The molecule has 1 aliphatic heterocycles. The molecule has 5 amide bonds. The van der Waals surface area contributed by atoms with Gasteiger partial charge in [-0.1, -0.05) is 30.3 Å². The number of anilines is 2. The van der Waals surface area contributed by atoms with E-state index in [1.807, 2.05) is 30.3 Å². The van der Waals surface area contributed by atoms with Crippen molar-refractivity contribution in [3.05, 3.63) is 94.4 Å². The van der Waals surface area contributed by atoms with Crippen LogP contribution in [-0.2, 0) is 16.1 Å². The second kappa shape index (κ2) is 10.5. The minimum atomic E-state index is -0.539. The lowest BCUT2D eigenvalue weighted by Gasteiger charge is -2.12. The molecule has 4 rings (SSSR count). The third-order valence-corrected chi connectivity index (χ3v) is 5.39. The number of carbonyl (C=O) groups excluding carboxylic acids is 4. The second-order valence-electron chi connectivity index (χ2n) is 7.87. The fraction of sp³-hybridized carbons (Fsp3) is 0.160. The normalized spacial score (nSPS) is 12.9. The standard InChI is InChI=1S/C25H23N5O5/c31-21(12-14-30-22(32)15-26-25(30)35)27-18-8-10-19(11-9-18)28-23(33)20-7-4-13-29(24(20)34)16-17-5-2-1-3-6-17/h1-11,13H,12,14-16H2,(H,26,35)(H,27,31)(H,28,33). The van der Waals surface area contributed by atoms with Gasteiger partial charge in [-0.05, 0) is 42.0 Å². The van der Waals surface area contributed by atoms with Gasteiger partial charge in [0.1, 0.15) is 5.56 Å². The highest BCUT2D eigenvalue weighted by Gasteiger charge is 2.28. The first kappa shape index (κ1) is 23.4. The third kappa shape index (κ3) is 5.80. The minimum absolute atomic E-state index is 0.0104. The Hall–Kier alpha value is -4.73. The van der Waals surface area contributed by atoms with E-state index in [2.05, 4.69) is 16.0 Å². The number of pyridine rings is 1. The maximum atomic E-state index is 12.8. The lowest BCUT2D eigenvalue weighted by molar-refractivity contribution is -0.125. The van der Waals surface area contributed by atoms with Crippen LogP contribution in [0.25, 0.3) is 0 Å². The average molecular weight is 473 g/mol. The Kier molecular flexibility index (Phi) is 7.01. The van der Waals surface area contributed by atoms with Crippen molar-refractivity contribution in [2.45, 2.75) is 13.0 Å². The number of benzene rings is 2. The lowest BCUT2D eigenvalue weighted by atomic mass is 10.2. The number of hydrogen-bond donors (Lipinski definition) is 3. The molecular formula is C25H23N5O5. The van der Waals surface area contributed by atoms with Crippen LogP contribution in [0.15, 0.2) is 77.7 Å². The van der Waals surface area contributed by atoms with E-state index in [0.717, 1.165) is 10.5 Å². The molecule has 10 nitrogen and oxygen atoms in total. The summed E-state index contributed by atoms with van der Waals surface area (Å²) in [6.07, 6.45) is 1.59. The zero-order valence-electron chi connectivity index (χ0n) is 18.7. The Morgan fingerprint density at radius 2 is 1.54 bits per heavy atom. The molecule has 0 spiro atoms. The van der Waals surface area contributed by atoms with E-state index in [1.165, 1.54) is 10.6 Å². The largest absolute Gasteiger partial charge is 0.329 e. The third-order valence-electron chi connectivity index (χ3n) is 5.39. The molecule has 0 radical (unpaired) electrons. The van der Waals surface area contributed by atoms with Gasteiger partial charge in [0.15, 0.2) is 0 Å². The van der Waals surface area contributed by atoms with Gasteiger partial charge >= 0.3 is 6.03 Å². The summed E-state index contributed by atoms with van der Waals surface area (Å²) in [7, 11) is 0. The van der Waals surface area contributed by atoms with Crippen molar-refractivity contribution in [1.82, 2.24) is 14.8 Å². The topological polar surface area (TPSA) is 130 Å². The number of amides is 5. The predicted octanol–water partition coefficient (Wildman–Crippen LogP) is 2.03. The molecule has 0 saturated carbocycles. The summed E-state index contributed by atoms with van der Waals surface area (Å²) in [6, 6.07) is 18.5. The molecule has 35 heavy (non-hydrogen) atoms. The predicted molar refractivity (Wildman–Crippen MR) is 129 cm³/mol. The summed E-state index contributed by atoms with van der Waals surface area (Å²) in [6.45, 7) is 0.285. The summed E-state index contributed by atoms with van der Waals surface area (Å²) in [5, 5.41) is 7.76. The monoisotopic (exact) mass is 473 g/mol. The first-order chi connectivity index (χ1) is 16.9. The molecule has 3 N–H and O–H groups in total. The smallest absolute Gasteiger partial charge is 0.324 e. The van der Waals surface area contributed by atoms with Crippen LogP contribution in [0.4, 0.5) is 16.2 Å². The molecule has 2 aromatic carbocycles. The fourth-order valence-corrected chi connectivity index (χ4v) is 3.57. The van der Waals surface area contributed by atoms with Crippen molar-refractivity contribution < 1.29 is 19.2 Å². The molecule has 0 aliphatic carbocycles. The number of nitrogens with one attached hydrogen (secondary N) is 3. The first-order valence-corrected chi connectivity index (χ1v) is 10.9. The fourth-order valence-electron chi connectivity index (χ4n) is 3.57. The van der Waals surface area contributed by atoms with Crippen LogP contribution in [0.3, 0.4) is 0 Å². The van der Waals surface area contributed by atoms with E-state index in [-0.39, 0.29) is 36.9 Å². The van der Waals surface area contributed by atoms with Crippen molar-refractivity contribution in [3.8, 4) is 0 Å². The minimum Gasteiger partial charge on any atom is -0.329 e. The summed E-state index contributed by atoms with van der Waals surface area (Å²) in [4.78, 5) is 61.7. The highest BCUT2D eigenvalue weighted by Crippen LogP contribution is 2.15. The Labute approximate surface area is 200 Å². The lowest BCUT2D eigenvalue weighted by Crippen LogP contribution is -2.33. The van der Waals surface area contributed by atoms with Crippen molar-refractivity contribution in [3.63, 3.8) is 0 Å². The second-order valence-corrected chi connectivity index (χ2v) is 7.87. The van der Waals surface area contributed by atoms with Crippen LogP contribution in [0.5, 0.6) is 0 Å². The van der Waals surface area contributed by atoms with Crippen LogP contribution in [-0.4, -0.2) is 46.3 Å². The van der Waals surface area contributed by atoms with Crippen LogP contribution >= 0.6 is 0 Å². The van der Waals surface area contributed by atoms with Crippen molar-refractivity contribution in [1.29, 1.82) is 0 Å². The zero-order chi connectivity index (χ0) is 24.8. The molecule has 0 unspecified atom stereocenters. The number of hydrogen-bond acceptors (Lipinski definition) is 5. The number of rotatable bonds is 8. The van der Waals surface area contributed by atoms with E-state index in [4.69, 9.17) is 0 Å². The van der Waals surface area contributed by atoms with Crippen molar-refractivity contribution in [2.75, 3.05) is 23.7 Å². The molecule has 3 aromatic rings. The number of nitrogens with zero attached hydrogens (tertiary/aromatic N) is 2. The van der Waals surface area contributed by atoms with E-state index < -0.39 is 17.5 Å². The molecule has 0 bridgehead atoms. The number of imide groups is 1. The number of aromatic nitrogens is 1. The van der Waals surface area contributed by atoms with Crippen LogP contribution in [0.2, 0.25) is 0 Å². The van der Waals surface area contributed by atoms with Crippen LogP contribution < -0.4 is 21.5 Å². The number of urea groups is 1. The first-order valence-electron chi connectivity index (χ1n) is 10.9. The van der Waals surface area contributed by atoms with E-state index in [0.29, 0.717) is 17.9 Å². The number of carbonyl (C=O) groups is 4. The van der Waals surface area contributed by atoms with Gasteiger partial charge in [0.2, 0.25) is 11.8 Å². The van der Waals surface area contributed by atoms with Crippen LogP contribution in [0.1, 0.15) is 22.3 Å². The van der Waals surface area contributed by atoms with Gasteiger partial charge in [0, 0.05) is 30.5 Å². The molecule has 178 valence electrons. The summed E-state index contributed by atoms with van der Waals surface area (Å²) < 4.78 is 1.47. The molecule has 1 fully saturated rings. The maximum absolute atomic E-state index is 12.8. The Morgan fingerprint density at radius 1 is 0.857 bits per heavy atom. The van der Waals surface area contributed by atoms with Gasteiger partial charge in [-0.25, -0.2) is 4.79 Å². The Bertz CT molecular complexity index is 1300. The van der Waals surface area contributed by atoms with E-state index >= 15 is 0 Å². The van der Waals surface area contributed by atoms with Gasteiger partial charge in [-0.15, -0.1) is 0 Å². The van der Waals surface area contributed by atoms with Gasteiger partial charge in [-0.2, -0.15) is 0 Å². The molecule has 10 heteroatoms.